The average molecular weight is 376 g/mol. The molecule has 0 aromatic carbocycles. The molecule has 4 saturated carbocycles. The molecule has 9 unspecified atom stereocenters. The van der Waals surface area contributed by atoms with Crippen molar-refractivity contribution in [3.05, 3.63) is 0 Å². The number of aliphatic hydroxyl groups is 1. The van der Waals surface area contributed by atoms with Crippen molar-refractivity contribution in [2.24, 2.45) is 46.3 Å². The van der Waals surface area contributed by atoms with Gasteiger partial charge in [0, 0.05) is 5.97 Å². The third-order valence-electron chi connectivity index (χ3n) is 10.3. The van der Waals surface area contributed by atoms with Crippen LogP contribution < -0.4 is 5.11 Å². The lowest BCUT2D eigenvalue weighted by Crippen LogP contribution is -2.58. The van der Waals surface area contributed by atoms with Gasteiger partial charge in [0.25, 0.3) is 0 Å². The number of carbonyl (C=O) groups excluding carboxylic acids is 1. The number of fused-ring (bicyclic) bond motifs is 5. The first kappa shape index (κ1) is 19.7. The lowest BCUT2D eigenvalue weighted by atomic mass is 9.44. The van der Waals surface area contributed by atoms with Crippen molar-refractivity contribution in [1.82, 2.24) is 0 Å². The molecule has 27 heavy (non-hydrogen) atoms. The van der Waals surface area contributed by atoms with Gasteiger partial charge in [0.15, 0.2) is 0 Å². The third kappa shape index (κ3) is 2.98. The Labute approximate surface area is 165 Å². The second kappa shape index (κ2) is 7.04. The van der Waals surface area contributed by atoms with Crippen LogP contribution in [0.15, 0.2) is 0 Å². The van der Waals surface area contributed by atoms with Gasteiger partial charge in [0.2, 0.25) is 0 Å². The Morgan fingerprint density at radius 1 is 1.11 bits per heavy atom. The predicted molar refractivity (Wildman–Crippen MR) is 105 cm³/mol. The molecule has 154 valence electrons. The number of carbonyl (C=O) groups is 1. The summed E-state index contributed by atoms with van der Waals surface area (Å²) < 4.78 is 0. The van der Waals surface area contributed by atoms with E-state index in [-0.39, 0.29) is 17.9 Å². The quantitative estimate of drug-likeness (QED) is 0.802. The molecule has 4 aliphatic rings. The molecule has 0 aliphatic heterocycles. The number of aliphatic carboxylic acids is 1. The maximum atomic E-state index is 11.5. The molecule has 0 amide bonds. The Hall–Kier alpha value is -0.570. The van der Waals surface area contributed by atoms with Crippen LogP contribution in [0, 0.1) is 46.3 Å². The van der Waals surface area contributed by atoms with E-state index >= 15 is 0 Å². The van der Waals surface area contributed by atoms with E-state index in [4.69, 9.17) is 0 Å². The minimum absolute atomic E-state index is 0.0234. The zero-order valence-corrected chi connectivity index (χ0v) is 17.6. The van der Waals surface area contributed by atoms with Gasteiger partial charge in [-0.15, -0.1) is 0 Å². The molecule has 0 spiro atoms. The minimum Gasteiger partial charge on any atom is -0.550 e. The van der Waals surface area contributed by atoms with Crippen molar-refractivity contribution in [2.45, 2.75) is 97.5 Å². The molecule has 4 aliphatic carbocycles. The molecule has 0 aromatic heterocycles. The molecule has 0 bridgehead atoms. The lowest BCUT2D eigenvalue weighted by Gasteiger charge is -2.62. The molecule has 3 heteroatoms. The van der Waals surface area contributed by atoms with E-state index in [9.17, 15) is 15.0 Å². The van der Waals surface area contributed by atoms with Crippen molar-refractivity contribution in [3.63, 3.8) is 0 Å². The van der Waals surface area contributed by atoms with Crippen LogP contribution in [0.2, 0.25) is 0 Å². The molecule has 0 heterocycles. The summed E-state index contributed by atoms with van der Waals surface area (Å²) in [5, 5.41) is 22.4. The Morgan fingerprint density at radius 3 is 2.63 bits per heavy atom. The SMILES string of the molecule is CC(CCC(=O)[O-])C1CCC2C3CCC4CCCCC4(C)C3CC(O)C12C. The van der Waals surface area contributed by atoms with Gasteiger partial charge in [-0.05, 0) is 104 Å². The van der Waals surface area contributed by atoms with Crippen LogP contribution in [0.25, 0.3) is 0 Å². The second-order valence-electron chi connectivity index (χ2n) is 11.1. The van der Waals surface area contributed by atoms with Gasteiger partial charge < -0.3 is 15.0 Å². The zero-order valence-electron chi connectivity index (χ0n) is 17.6. The highest BCUT2D eigenvalue weighted by atomic mass is 16.4. The molecule has 4 fully saturated rings. The summed E-state index contributed by atoms with van der Waals surface area (Å²) >= 11 is 0. The molecule has 3 nitrogen and oxygen atoms in total. The van der Waals surface area contributed by atoms with E-state index in [1.165, 1.54) is 44.9 Å². The second-order valence-corrected chi connectivity index (χ2v) is 11.1. The van der Waals surface area contributed by atoms with E-state index in [0.29, 0.717) is 35.5 Å². The summed E-state index contributed by atoms with van der Waals surface area (Å²) in [5.74, 6) is 2.84. The van der Waals surface area contributed by atoms with Gasteiger partial charge in [0.1, 0.15) is 0 Å². The fourth-order valence-electron chi connectivity index (χ4n) is 8.77. The summed E-state index contributed by atoms with van der Waals surface area (Å²) in [7, 11) is 0. The lowest BCUT2D eigenvalue weighted by molar-refractivity contribution is -0.306. The largest absolute Gasteiger partial charge is 0.550 e. The van der Waals surface area contributed by atoms with Crippen LogP contribution in [0.5, 0.6) is 0 Å². The van der Waals surface area contributed by atoms with Crippen LogP contribution in [0.1, 0.15) is 91.4 Å². The molecular weight excluding hydrogens is 336 g/mol. The van der Waals surface area contributed by atoms with Crippen molar-refractivity contribution >= 4 is 5.97 Å². The first-order chi connectivity index (χ1) is 12.8. The highest BCUT2D eigenvalue weighted by molar-refractivity contribution is 5.64. The van der Waals surface area contributed by atoms with Gasteiger partial charge in [-0.25, -0.2) is 0 Å². The summed E-state index contributed by atoms with van der Waals surface area (Å²) in [5.41, 5.74) is 0.423. The summed E-state index contributed by atoms with van der Waals surface area (Å²) in [6.07, 6.45) is 12.3. The molecule has 0 radical (unpaired) electrons. The normalized spacial score (nSPS) is 50.4. The maximum Gasteiger partial charge on any atom is 0.0602 e. The number of rotatable bonds is 4. The maximum absolute atomic E-state index is 11.5. The predicted octanol–water partition coefficient (Wildman–Crippen LogP) is 4.17. The van der Waals surface area contributed by atoms with Crippen LogP contribution in [0.3, 0.4) is 0 Å². The van der Waals surface area contributed by atoms with E-state index in [0.717, 1.165) is 24.7 Å². The first-order valence-electron chi connectivity index (χ1n) is 11.7. The number of aliphatic hydroxyl groups excluding tert-OH is 1. The van der Waals surface area contributed by atoms with Crippen molar-refractivity contribution < 1.29 is 15.0 Å². The summed E-state index contributed by atoms with van der Waals surface area (Å²) in [6, 6.07) is 0. The highest BCUT2D eigenvalue weighted by Gasteiger charge is 2.63. The minimum atomic E-state index is -0.936. The topological polar surface area (TPSA) is 60.4 Å². The van der Waals surface area contributed by atoms with Crippen LogP contribution >= 0.6 is 0 Å². The van der Waals surface area contributed by atoms with E-state index < -0.39 is 5.97 Å². The number of carboxylic acid groups (broad SMARTS) is 1. The Kier molecular flexibility index (Phi) is 5.15. The van der Waals surface area contributed by atoms with Gasteiger partial charge in [-0.2, -0.15) is 0 Å². The number of hydrogen-bond donors (Lipinski definition) is 1. The molecule has 0 aromatic rings. The average Bonchev–Trinajstić information content (AvgIpc) is 2.99. The van der Waals surface area contributed by atoms with Crippen molar-refractivity contribution in [3.8, 4) is 0 Å². The van der Waals surface area contributed by atoms with Crippen LogP contribution in [-0.4, -0.2) is 17.2 Å². The fourth-order valence-corrected chi connectivity index (χ4v) is 8.77. The Morgan fingerprint density at radius 2 is 1.89 bits per heavy atom. The van der Waals surface area contributed by atoms with Crippen molar-refractivity contribution in [2.75, 3.05) is 0 Å². The van der Waals surface area contributed by atoms with E-state index in [2.05, 4.69) is 20.8 Å². The van der Waals surface area contributed by atoms with Gasteiger partial charge in [0.05, 0.1) is 6.10 Å². The van der Waals surface area contributed by atoms with Crippen LogP contribution in [-0.2, 0) is 4.79 Å². The monoisotopic (exact) mass is 375 g/mol. The molecule has 1 N–H and O–H groups in total. The Balaban J connectivity index is 1.57. The Bertz CT molecular complexity index is 574. The molecular formula is C24H39O3-. The first-order valence-corrected chi connectivity index (χ1v) is 11.7. The van der Waals surface area contributed by atoms with Crippen LogP contribution in [0.4, 0.5) is 0 Å². The smallest absolute Gasteiger partial charge is 0.0602 e. The van der Waals surface area contributed by atoms with Crippen molar-refractivity contribution in [1.29, 1.82) is 0 Å². The van der Waals surface area contributed by atoms with Gasteiger partial charge in [-0.1, -0.05) is 33.6 Å². The molecule has 9 atom stereocenters. The zero-order chi connectivity index (χ0) is 19.4. The van der Waals surface area contributed by atoms with E-state index in [1.807, 2.05) is 0 Å². The summed E-state index contributed by atoms with van der Waals surface area (Å²) in [4.78, 5) is 10.9. The summed E-state index contributed by atoms with van der Waals surface area (Å²) in [6.45, 7) is 7.11. The van der Waals surface area contributed by atoms with Gasteiger partial charge in [-0.3, -0.25) is 0 Å². The van der Waals surface area contributed by atoms with E-state index in [1.54, 1.807) is 0 Å². The molecule has 0 saturated heterocycles. The fraction of sp³-hybridized carbons (Fsp3) is 0.958. The van der Waals surface area contributed by atoms with Gasteiger partial charge >= 0.3 is 0 Å². The third-order valence-corrected chi connectivity index (χ3v) is 10.3. The highest BCUT2D eigenvalue weighted by Crippen LogP contribution is 2.68. The number of hydrogen-bond acceptors (Lipinski definition) is 3. The number of carboxylic acids is 1. The standard InChI is InChI=1S/C24H40O3/c1-15(7-12-22(26)27)18-10-11-19-17-9-8-16-6-4-5-13-23(16,2)20(17)14-21(25)24(18,19)3/h15-21,25H,4-14H2,1-3H3,(H,26,27)/p-1. The molecule has 4 rings (SSSR count).